The number of carbonyl (C=O) groups excluding carboxylic acids is 1. The van der Waals surface area contributed by atoms with Gasteiger partial charge in [-0.2, -0.15) is 13.2 Å². The van der Waals surface area contributed by atoms with Gasteiger partial charge in [0.1, 0.15) is 5.69 Å². The first-order valence-electron chi connectivity index (χ1n) is 9.17. The van der Waals surface area contributed by atoms with E-state index in [-0.39, 0.29) is 29.3 Å². The van der Waals surface area contributed by atoms with Crippen molar-refractivity contribution in [2.45, 2.75) is 37.9 Å². The van der Waals surface area contributed by atoms with E-state index in [2.05, 4.69) is 10.6 Å². The zero-order valence-corrected chi connectivity index (χ0v) is 15.0. The van der Waals surface area contributed by atoms with E-state index in [4.69, 9.17) is 10.5 Å². The average Bonchev–Trinajstić information content (AvgIpc) is 2.65. The number of carbonyl (C=O) groups is 1. The van der Waals surface area contributed by atoms with Crippen molar-refractivity contribution in [1.82, 2.24) is 0 Å². The third kappa shape index (κ3) is 3.64. The second-order valence-electron chi connectivity index (χ2n) is 7.23. The molecule has 0 bridgehead atoms. The second-order valence-corrected chi connectivity index (χ2v) is 7.23. The van der Waals surface area contributed by atoms with Gasteiger partial charge in [0.15, 0.2) is 11.5 Å². The van der Waals surface area contributed by atoms with Crippen LogP contribution in [0.3, 0.4) is 0 Å². The molecule has 1 fully saturated rings. The van der Waals surface area contributed by atoms with Crippen LogP contribution in [-0.2, 0) is 11.0 Å². The van der Waals surface area contributed by atoms with E-state index < -0.39 is 11.7 Å². The summed E-state index contributed by atoms with van der Waals surface area (Å²) in [5.74, 6) is -0.197. The number of alkyl halides is 3. The minimum atomic E-state index is -4.57. The van der Waals surface area contributed by atoms with Crippen molar-refractivity contribution in [1.29, 1.82) is 0 Å². The largest absolute Gasteiger partial charge is 0.453 e. The number of halogens is 3. The molecule has 2 aliphatic rings. The number of hydrogen-bond donors (Lipinski definition) is 3. The van der Waals surface area contributed by atoms with Crippen LogP contribution in [0.15, 0.2) is 36.4 Å². The molecule has 5 nitrogen and oxygen atoms in total. The third-order valence-corrected chi connectivity index (χ3v) is 5.14. The van der Waals surface area contributed by atoms with Gasteiger partial charge < -0.3 is 21.1 Å². The van der Waals surface area contributed by atoms with Gasteiger partial charge in [0.2, 0.25) is 5.91 Å². The quantitative estimate of drug-likeness (QED) is 0.574. The molecule has 0 aromatic heterocycles. The van der Waals surface area contributed by atoms with Crippen molar-refractivity contribution >= 4 is 23.0 Å². The number of hydrogen-bond acceptors (Lipinski definition) is 4. The van der Waals surface area contributed by atoms with Crippen LogP contribution >= 0.6 is 0 Å². The highest BCUT2D eigenvalue weighted by Gasteiger charge is 2.35. The molecule has 2 unspecified atom stereocenters. The van der Waals surface area contributed by atoms with Crippen LogP contribution in [0.4, 0.5) is 30.2 Å². The Morgan fingerprint density at radius 1 is 1.18 bits per heavy atom. The molecule has 4 rings (SSSR count). The van der Waals surface area contributed by atoms with Gasteiger partial charge in [0.05, 0.1) is 16.9 Å². The maximum absolute atomic E-state index is 13.4. The summed E-state index contributed by atoms with van der Waals surface area (Å²) in [6, 6.07) is 8.73. The van der Waals surface area contributed by atoms with Gasteiger partial charge in [-0.25, -0.2) is 0 Å². The second kappa shape index (κ2) is 7.01. The van der Waals surface area contributed by atoms with Crippen molar-refractivity contribution in [3.8, 4) is 11.5 Å². The predicted molar refractivity (Wildman–Crippen MR) is 99.8 cm³/mol. The number of amides is 1. The standard InChI is InChI=1S/C20H20F3N3O2/c21-20(22,23)12-9-15(26-19(27)11-4-3-5-13(24)8-11)18-17(10-12)28-16-7-2-1-6-14(16)25-18/h1-2,6-7,9-11,13,25H,3-5,8,24H2,(H,26,27). The molecule has 2 aromatic carbocycles. The van der Waals surface area contributed by atoms with E-state index in [0.717, 1.165) is 25.0 Å². The van der Waals surface area contributed by atoms with Gasteiger partial charge in [0.25, 0.3) is 0 Å². The van der Waals surface area contributed by atoms with Crippen LogP contribution in [0.5, 0.6) is 11.5 Å². The van der Waals surface area contributed by atoms with Gasteiger partial charge >= 0.3 is 6.18 Å². The third-order valence-electron chi connectivity index (χ3n) is 5.14. The highest BCUT2D eigenvalue weighted by Crippen LogP contribution is 2.48. The van der Waals surface area contributed by atoms with Crippen LogP contribution in [0.2, 0.25) is 0 Å². The maximum atomic E-state index is 13.4. The monoisotopic (exact) mass is 391 g/mol. The van der Waals surface area contributed by atoms with Crippen LogP contribution in [-0.4, -0.2) is 11.9 Å². The molecule has 1 heterocycles. The summed E-state index contributed by atoms with van der Waals surface area (Å²) in [4.78, 5) is 12.7. The molecule has 0 saturated heterocycles. The summed E-state index contributed by atoms with van der Waals surface area (Å²) in [6.45, 7) is 0. The molecule has 28 heavy (non-hydrogen) atoms. The van der Waals surface area contributed by atoms with E-state index in [0.29, 0.717) is 30.0 Å². The first-order chi connectivity index (χ1) is 13.3. The topological polar surface area (TPSA) is 76.4 Å². The van der Waals surface area contributed by atoms with Crippen LogP contribution < -0.4 is 21.1 Å². The first kappa shape index (κ1) is 18.6. The van der Waals surface area contributed by atoms with Gasteiger partial charge in [-0.15, -0.1) is 0 Å². The van der Waals surface area contributed by atoms with Crippen LogP contribution in [0, 0.1) is 5.92 Å². The summed E-state index contributed by atoms with van der Waals surface area (Å²) in [5.41, 5.74) is 6.02. The summed E-state index contributed by atoms with van der Waals surface area (Å²) in [5, 5.41) is 5.74. The minimum absolute atomic E-state index is 0.0178. The Kier molecular flexibility index (Phi) is 4.66. The zero-order chi connectivity index (χ0) is 19.9. The molecule has 1 aliphatic carbocycles. The van der Waals surface area contributed by atoms with Crippen molar-refractivity contribution in [2.24, 2.45) is 11.7 Å². The van der Waals surface area contributed by atoms with E-state index in [1.165, 1.54) is 0 Å². The number of fused-ring (bicyclic) bond motifs is 2. The highest BCUT2D eigenvalue weighted by molar-refractivity contribution is 5.98. The molecule has 2 atom stereocenters. The Hall–Kier alpha value is -2.74. The number of nitrogens with two attached hydrogens (primary N) is 1. The molecule has 8 heteroatoms. The van der Waals surface area contributed by atoms with Crippen molar-refractivity contribution in [3.63, 3.8) is 0 Å². The number of nitrogens with one attached hydrogen (secondary N) is 2. The lowest BCUT2D eigenvalue weighted by molar-refractivity contribution is -0.137. The average molecular weight is 391 g/mol. The number of para-hydroxylation sites is 2. The molecule has 1 saturated carbocycles. The van der Waals surface area contributed by atoms with Crippen molar-refractivity contribution in [3.05, 3.63) is 42.0 Å². The molecule has 2 aromatic rings. The molecular weight excluding hydrogens is 371 g/mol. The number of benzene rings is 2. The van der Waals surface area contributed by atoms with Crippen LogP contribution in [0.1, 0.15) is 31.2 Å². The maximum Gasteiger partial charge on any atom is 0.416 e. The molecule has 1 aliphatic heterocycles. The Morgan fingerprint density at radius 2 is 1.96 bits per heavy atom. The minimum Gasteiger partial charge on any atom is -0.453 e. The number of rotatable bonds is 2. The van der Waals surface area contributed by atoms with Gasteiger partial charge in [0, 0.05) is 12.0 Å². The molecule has 0 radical (unpaired) electrons. The summed E-state index contributed by atoms with van der Waals surface area (Å²) in [7, 11) is 0. The molecule has 148 valence electrons. The lowest BCUT2D eigenvalue weighted by atomic mass is 9.85. The van der Waals surface area contributed by atoms with Crippen molar-refractivity contribution < 1.29 is 22.7 Å². The molecular formula is C20H20F3N3O2. The summed E-state index contributed by atoms with van der Waals surface area (Å²) < 4.78 is 45.8. The fraction of sp³-hybridized carbons (Fsp3) is 0.350. The fourth-order valence-electron chi connectivity index (χ4n) is 3.70. The molecule has 0 spiro atoms. The highest BCUT2D eigenvalue weighted by atomic mass is 19.4. The number of ether oxygens (including phenoxy) is 1. The van der Waals surface area contributed by atoms with Crippen LogP contribution in [0.25, 0.3) is 0 Å². The SMILES string of the molecule is NC1CCCC(C(=O)Nc2cc(C(F)(F)F)cc3c2Nc2ccccc2O3)C1. The lowest BCUT2D eigenvalue weighted by Crippen LogP contribution is -2.34. The van der Waals surface area contributed by atoms with Gasteiger partial charge in [-0.3, -0.25) is 4.79 Å². The van der Waals surface area contributed by atoms with E-state index in [1.54, 1.807) is 24.3 Å². The smallest absolute Gasteiger partial charge is 0.416 e. The predicted octanol–water partition coefficient (Wildman–Crippen LogP) is 5.01. The fourth-order valence-corrected chi connectivity index (χ4v) is 3.70. The van der Waals surface area contributed by atoms with Gasteiger partial charge in [-0.1, -0.05) is 18.6 Å². The Balaban J connectivity index is 1.69. The Labute approximate surface area is 160 Å². The van der Waals surface area contributed by atoms with E-state index in [1.807, 2.05) is 0 Å². The van der Waals surface area contributed by atoms with E-state index in [9.17, 15) is 18.0 Å². The first-order valence-corrected chi connectivity index (χ1v) is 9.17. The van der Waals surface area contributed by atoms with Gasteiger partial charge in [-0.05, 0) is 43.5 Å². The number of anilines is 3. The zero-order valence-electron chi connectivity index (χ0n) is 15.0. The Morgan fingerprint density at radius 3 is 2.71 bits per heavy atom. The molecule has 4 N–H and O–H groups in total. The lowest BCUT2D eigenvalue weighted by Gasteiger charge is -2.28. The Bertz CT molecular complexity index is 914. The normalized spacial score (nSPS) is 21.0. The van der Waals surface area contributed by atoms with E-state index >= 15 is 0 Å². The summed E-state index contributed by atoms with van der Waals surface area (Å²) in [6.07, 6.45) is -1.68. The summed E-state index contributed by atoms with van der Waals surface area (Å²) >= 11 is 0. The molecule has 1 amide bonds. The van der Waals surface area contributed by atoms with Crippen molar-refractivity contribution in [2.75, 3.05) is 10.6 Å².